The Bertz CT molecular complexity index is 1220. The first-order valence-corrected chi connectivity index (χ1v) is 13.3. The molecule has 6 nitrogen and oxygen atoms in total. The minimum absolute atomic E-state index is 0.00288. The Morgan fingerprint density at radius 1 is 1.15 bits per heavy atom. The van der Waals surface area contributed by atoms with Crippen LogP contribution in [0, 0.1) is 5.92 Å². The molecule has 0 saturated heterocycles. The van der Waals surface area contributed by atoms with Gasteiger partial charge in [0, 0.05) is 11.4 Å². The Kier molecular flexibility index (Phi) is 7.65. The molecule has 33 heavy (non-hydrogen) atoms. The van der Waals surface area contributed by atoms with Crippen LogP contribution < -0.4 is 10.9 Å². The number of thioether (sulfide) groups is 1. The summed E-state index contributed by atoms with van der Waals surface area (Å²) in [4.78, 5) is 45.0. The van der Waals surface area contributed by atoms with Gasteiger partial charge in [-0.3, -0.25) is 24.3 Å². The number of rotatable bonds is 8. The van der Waals surface area contributed by atoms with E-state index in [2.05, 4.69) is 19.2 Å². The van der Waals surface area contributed by atoms with Gasteiger partial charge in [-0.05, 0) is 49.1 Å². The Hall–Kier alpha value is -2.45. The summed E-state index contributed by atoms with van der Waals surface area (Å²) in [7, 11) is 0. The zero-order valence-electron chi connectivity index (χ0n) is 19.1. The van der Waals surface area contributed by atoms with E-state index in [1.54, 1.807) is 15.9 Å². The number of carbonyl (C=O) groups is 2. The van der Waals surface area contributed by atoms with E-state index in [0.29, 0.717) is 17.6 Å². The molecule has 2 heterocycles. The highest BCUT2D eigenvalue weighted by Gasteiger charge is 2.23. The maximum atomic E-state index is 13.5. The van der Waals surface area contributed by atoms with Gasteiger partial charge in [0.05, 0.1) is 17.6 Å². The molecule has 2 amide bonds. The number of amides is 2. The zero-order valence-corrected chi connectivity index (χ0v) is 20.7. The highest BCUT2D eigenvalue weighted by molar-refractivity contribution is 7.99. The smallest absolute Gasteiger partial charge is 0.263 e. The van der Waals surface area contributed by atoms with Crippen LogP contribution in [0.2, 0.25) is 0 Å². The molecule has 2 aromatic heterocycles. The molecule has 0 bridgehead atoms. The van der Waals surface area contributed by atoms with Gasteiger partial charge < -0.3 is 0 Å². The van der Waals surface area contributed by atoms with Gasteiger partial charge in [-0.15, -0.1) is 11.3 Å². The molecule has 0 fully saturated rings. The minimum Gasteiger partial charge on any atom is -0.295 e. The van der Waals surface area contributed by atoms with Gasteiger partial charge in [0.1, 0.15) is 4.83 Å². The number of fused-ring (bicyclic) bond motifs is 3. The Balaban J connectivity index is 1.52. The number of nitrogens with zero attached hydrogens (tertiary/aromatic N) is 2. The van der Waals surface area contributed by atoms with Crippen molar-refractivity contribution in [1.29, 1.82) is 0 Å². The molecule has 8 heteroatoms. The Morgan fingerprint density at radius 3 is 2.67 bits per heavy atom. The Morgan fingerprint density at radius 2 is 1.91 bits per heavy atom. The van der Waals surface area contributed by atoms with Crippen molar-refractivity contribution in [3.05, 3.63) is 56.7 Å². The third-order valence-corrected chi connectivity index (χ3v) is 7.95. The second-order valence-corrected chi connectivity index (χ2v) is 10.9. The summed E-state index contributed by atoms with van der Waals surface area (Å²) >= 11 is 2.84. The number of imide groups is 1. The zero-order chi connectivity index (χ0) is 23.4. The fourth-order valence-electron chi connectivity index (χ4n) is 4.06. The quantitative estimate of drug-likeness (QED) is 0.380. The van der Waals surface area contributed by atoms with Crippen molar-refractivity contribution in [3.63, 3.8) is 0 Å². The van der Waals surface area contributed by atoms with Crippen LogP contribution in [0.15, 0.2) is 40.3 Å². The fraction of sp³-hybridized carbons (Fsp3) is 0.440. The van der Waals surface area contributed by atoms with Crippen LogP contribution in [0.25, 0.3) is 10.2 Å². The molecule has 4 rings (SSSR count). The summed E-state index contributed by atoms with van der Waals surface area (Å²) in [6.45, 7) is 4.82. The maximum absolute atomic E-state index is 13.5. The van der Waals surface area contributed by atoms with Gasteiger partial charge >= 0.3 is 0 Å². The summed E-state index contributed by atoms with van der Waals surface area (Å²) in [5.74, 6) is -0.235. The average molecular weight is 484 g/mol. The summed E-state index contributed by atoms with van der Waals surface area (Å²) < 4.78 is 1.73. The van der Waals surface area contributed by atoms with Crippen LogP contribution in [0.3, 0.4) is 0 Å². The standard InChI is InChI=1S/C25H29N3O3S2/c1-16(2)12-13-28-24(31)22-18-10-6-7-11-19(18)33-23(22)27-25(28)32-15-21(30)26-20(29)14-17-8-4-3-5-9-17/h3-5,8-9,16H,6-7,10-15H2,1-2H3,(H,26,29,30). The van der Waals surface area contributed by atoms with E-state index in [4.69, 9.17) is 4.98 Å². The molecule has 1 N–H and O–H groups in total. The number of carbonyl (C=O) groups excluding carboxylic acids is 2. The molecular formula is C25H29N3O3S2. The van der Waals surface area contributed by atoms with Crippen molar-refractivity contribution < 1.29 is 9.59 Å². The highest BCUT2D eigenvalue weighted by Crippen LogP contribution is 2.34. The largest absolute Gasteiger partial charge is 0.295 e. The van der Waals surface area contributed by atoms with Crippen LogP contribution in [0.1, 0.15) is 49.1 Å². The van der Waals surface area contributed by atoms with Crippen molar-refractivity contribution in [2.75, 3.05) is 5.75 Å². The molecular weight excluding hydrogens is 454 g/mol. The van der Waals surface area contributed by atoms with Crippen LogP contribution in [-0.4, -0.2) is 27.1 Å². The van der Waals surface area contributed by atoms with Crippen LogP contribution in [-0.2, 0) is 35.4 Å². The van der Waals surface area contributed by atoms with Crippen LogP contribution in [0.5, 0.6) is 0 Å². The molecule has 3 aromatic rings. The first-order valence-electron chi connectivity index (χ1n) is 11.5. The second kappa shape index (κ2) is 10.7. The van der Waals surface area contributed by atoms with E-state index < -0.39 is 0 Å². The molecule has 0 atom stereocenters. The second-order valence-electron chi connectivity index (χ2n) is 8.85. The third-order valence-electron chi connectivity index (χ3n) is 5.79. The predicted octanol–water partition coefficient (Wildman–Crippen LogP) is 4.36. The lowest BCUT2D eigenvalue weighted by molar-refractivity contribution is -0.128. The molecule has 0 aliphatic heterocycles. The van der Waals surface area contributed by atoms with Crippen molar-refractivity contribution >= 4 is 45.1 Å². The summed E-state index contributed by atoms with van der Waals surface area (Å²) in [6, 6.07) is 9.32. The number of hydrogen-bond acceptors (Lipinski definition) is 6. The molecule has 0 unspecified atom stereocenters. The van der Waals surface area contributed by atoms with Gasteiger partial charge in [0.15, 0.2) is 5.16 Å². The number of aryl methyl sites for hydroxylation is 2. The number of thiophene rings is 1. The van der Waals surface area contributed by atoms with Gasteiger partial charge in [0.2, 0.25) is 11.8 Å². The van der Waals surface area contributed by atoms with E-state index in [-0.39, 0.29) is 29.5 Å². The van der Waals surface area contributed by atoms with Crippen LogP contribution in [0.4, 0.5) is 0 Å². The van der Waals surface area contributed by atoms with E-state index in [0.717, 1.165) is 47.9 Å². The van der Waals surface area contributed by atoms with E-state index in [1.807, 2.05) is 30.3 Å². The van der Waals surface area contributed by atoms with Gasteiger partial charge in [-0.25, -0.2) is 4.98 Å². The monoisotopic (exact) mass is 483 g/mol. The lowest BCUT2D eigenvalue weighted by Crippen LogP contribution is -2.33. The average Bonchev–Trinajstić information content (AvgIpc) is 3.16. The molecule has 1 aromatic carbocycles. The normalized spacial score (nSPS) is 13.3. The molecule has 0 spiro atoms. The number of nitrogens with one attached hydrogen (secondary N) is 1. The van der Waals surface area contributed by atoms with Crippen molar-refractivity contribution in [2.45, 2.75) is 64.1 Å². The third kappa shape index (κ3) is 5.73. The predicted molar refractivity (Wildman–Crippen MR) is 134 cm³/mol. The lowest BCUT2D eigenvalue weighted by atomic mass is 9.97. The number of aromatic nitrogens is 2. The van der Waals surface area contributed by atoms with Crippen molar-refractivity contribution in [1.82, 2.24) is 14.9 Å². The first kappa shape index (κ1) is 23.7. The van der Waals surface area contributed by atoms with Crippen molar-refractivity contribution in [3.8, 4) is 0 Å². The lowest BCUT2D eigenvalue weighted by Gasteiger charge is -2.14. The molecule has 174 valence electrons. The maximum Gasteiger partial charge on any atom is 0.263 e. The van der Waals surface area contributed by atoms with Gasteiger partial charge in [0.25, 0.3) is 5.56 Å². The Labute approximate surface area is 201 Å². The minimum atomic E-state index is -0.379. The van der Waals surface area contributed by atoms with Gasteiger partial charge in [-0.1, -0.05) is 55.9 Å². The van der Waals surface area contributed by atoms with E-state index in [9.17, 15) is 14.4 Å². The summed E-state index contributed by atoms with van der Waals surface area (Å²) in [6.07, 6.45) is 5.22. The fourth-order valence-corrected chi connectivity index (χ4v) is 6.19. The summed E-state index contributed by atoms with van der Waals surface area (Å²) in [5, 5.41) is 3.77. The summed E-state index contributed by atoms with van der Waals surface area (Å²) in [5.41, 5.74) is 2.03. The van der Waals surface area contributed by atoms with Crippen molar-refractivity contribution in [2.24, 2.45) is 5.92 Å². The number of benzene rings is 1. The molecule has 1 aliphatic carbocycles. The SMILES string of the molecule is CC(C)CCn1c(SCC(=O)NC(=O)Cc2ccccc2)nc2sc3c(c2c1=O)CCCC3. The highest BCUT2D eigenvalue weighted by atomic mass is 32.2. The molecule has 0 radical (unpaired) electrons. The van der Waals surface area contributed by atoms with E-state index >= 15 is 0 Å². The first-order chi connectivity index (χ1) is 15.9. The topological polar surface area (TPSA) is 81.1 Å². The van der Waals surface area contributed by atoms with E-state index in [1.165, 1.54) is 22.2 Å². The molecule has 1 aliphatic rings. The van der Waals surface area contributed by atoms with Crippen LogP contribution >= 0.6 is 23.1 Å². The number of hydrogen-bond donors (Lipinski definition) is 1. The van der Waals surface area contributed by atoms with Gasteiger partial charge in [-0.2, -0.15) is 0 Å². The molecule has 0 saturated carbocycles.